The fourth-order valence-corrected chi connectivity index (χ4v) is 3.59. The first-order valence-corrected chi connectivity index (χ1v) is 8.38. The topological polar surface area (TPSA) is 42.4 Å². The molecule has 0 spiro atoms. The average Bonchev–Trinajstić information content (AvgIpc) is 2.88. The molecule has 0 amide bonds. The minimum absolute atomic E-state index is 0.0310. The van der Waals surface area contributed by atoms with E-state index in [1.807, 2.05) is 25.2 Å². The van der Waals surface area contributed by atoms with Gasteiger partial charge in [-0.25, -0.2) is 0 Å². The van der Waals surface area contributed by atoms with Crippen molar-refractivity contribution in [2.75, 3.05) is 13.6 Å². The lowest BCUT2D eigenvalue weighted by molar-refractivity contribution is 0.213. The molecule has 0 radical (unpaired) electrons. The van der Waals surface area contributed by atoms with Gasteiger partial charge in [0.25, 0.3) is 0 Å². The molecule has 0 aliphatic rings. The fourth-order valence-electron chi connectivity index (χ4n) is 1.83. The first-order valence-electron chi connectivity index (χ1n) is 5.60. The van der Waals surface area contributed by atoms with Crippen LogP contribution in [-0.4, -0.2) is 18.5 Å². The monoisotopic (exact) mass is 426 g/mol. The third-order valence-electron chi connectivity index (χ3n) is 2.78. The molecular formula is C12H13Br2ClN2OS. The lowest BCUT2D eigenvalue weighted by Crippen LogP contribution is -2.29. The Labute approximate surface area is 138 Å². The van der Waals surface area contributed by atoms with Gasteiger partial charge in [0.15, 0.2) is 4.67 Å². The minimum atomic E-state index is 0.0310. The number of nitrogens with zero attached hydrogens (tertiary/aromatic N) is 1. The number of rotatable bonds is 5. The summed E-state index contributed by atoms with van der Waals surface area (Å²) in [4.78, 5) is 3.36. The molecule has 2 rings (SSSR count). The van der Waals surface area contributed by atoms with E-state index in [0.717, 1.165) is 21.1 Å². The molecule has 19 heavy (non-hydrogen) atoms. The molecule has 2 aromatic heterocycles. The quantitative estimate of drug-likeness (QED) is 0.754. The van der Waals surface area contributed by atoms with Crippen LogP contribution < -0.4 is 5.73 Å². The van der Waals surface area contributed by atoms with Gasteiger partial charge in [-0.05, 0) is 57.1 Å². The van der Waals surface area contributed by atoms with E-state index in [2.05, 4.69) is 36.8 Å². The molecule has 0 saturated carbocycles. The molecule has 0 aliphatic heterocycles. The molecule has 2 N–H and O–H groups in total. The number of likely N-dealkylation sites (N-methyl/N-ethyl adjacent to an activating group) is 1. The van der Waals surface area contributed by atoms with Gasteiger partial charge in [-0.3, -0.25) is 4.90 Å². The maximum atomic E-state index is 5.94. The van der Waals surface area contributed by atoms with Gasteiger partial charge in [0.05, 0.1) is 14.9 Å². The van der Waals surface area contributed by atoms with Crippen LogP contribution in [0.15, 0.2) is 31.8 Å². The van der Waals surface area contributed by atoms with Gasteiger partial charge in [-0.2, -0.15) is 0 Å². The molecule has 0 bridgehead atoms. The van der Waals surface area contributed by atoms with E-state index in [4.69, 9.17) is 21.8 Å². The second-order valence-corrected chi connectivity index (χ2v) is 7.52. The maximum Gasteiger partial charge on any atom is 0.183 e. The van der Waals surface area contributed by atoms with Crippen molar-refractivity contribution in [2.24, 2.45) is 5.73 Å². The molecule has 1 unspecified atom stereocenters. The van der Waals surface area contributed by atoms with E-state index in [0.29, 0.717) is 11.2 Å². The van der Waals surface area contributed by atoms with Crippen LogP contribution in [0.2, 0.25) is 4.34 Å². The lowest BCUT2D eigenvalue weighted by atomic mass is 10.2. The lowest BCUT2D eigenvalue weighted by Gasteiger charge is -2.24. The van der Waals surface area contributed by atoms with Gasteiger partial charge in [-0.1, -0.05) is 11.6 Å². The Bertz CT molecular complexity index is 538. The SMILES string of the molecule is CN(Cc1ccc(Cl)s1)C(CN)c1cc(Br)c(Br)o1. The number of hydrogen-bond donors (Lipinski definition) is 1. The summed E-state index contributed by atoms with van der Waals surface area (Å²) >= 11 is 14.3. The predicted molar refractivity (Wildman–Crippen MR) is 86.7 cm³/mol. The van der Waals surface area contributed by atoms with Crippen molar-refractivity contribution >= 4 is 54.8 Å². The zero-order chi connectivity index (χ0) is 14.0. The molecule has 2 heterocycles. The van der Waals surface area contributed by atoms with Crippen LogP contribution in [0.5, 0.6) is 0 Å². The Morgan fingerprint density at radius 2 is 2.21 bits per heavy atom. The predicted octanol–water partition coefficient (Wildman–Crippen LogP) is 4.65. The molecule has 7 heteroatoms. The summed E-state index contributed by atoms with van der Waals surface area (Å²) in [5, 5.41) is 0. The molecule has 0 aromatic carbocycles. The molecule has 2 aromatic rings. The van der Waals surface area contributed by atoms with Gasteiger partial charge in [0.2, 0.25) is 0 Å². The van der Waals surface area contributed by atoms with Crippen molar-refractivity contribution in [3.63, 3.8) is 0 Å². The third-order valence-corrected chi connectivity index (χ3v) is 5.71. The van der Waals surface area contributed by atoms with Crippen LogP contribution >= 0.6 is 54.8 Å². The van der Waals surface area contributed by atoms with Gasteiger partial charge >= 0.3 is 0 Å². The van der Waals surface area contributed by atoms with Crippen LogP contribution in [0, 0.1) is 0 Å². The highest BCUT2D eigenvalue weighted by Crippen LogP contribution is 2.32. The van der Waals surface area contributed by atoms with Crippen LogP contribution in [0.3, 0.4) is 0 Å². The van der Waals surface area contributed by atoms with Crippen molar-refractivity contribution in [1.29, 1.82) is 0 Å². The molecular weight excluding hydrogens is 415 g/mol. The Kier molecular flexibility index (Phi) is 5.51. The summed E-state index contributed by atoms with van der Waals surface area (Å²) in [6, 6.07) is 5.92. The zero-order valence-corrected chi connectivity index (χ0v) is 14.9. The van der Waals surface area contributed by atoms with E-state index >= 15 is 0 Å². The first-order chi connectivity index (χ1) is 9.01. The maximum absolute atomic E-state index is 5.94. The highest BCUT2D eigenvalue weighted by molar-refractivity contribution is 9.13. The zero-order valence-electron chi connectivity index (χ0n) is 10.2. The van der Waals surface area contributed by atoms with Crippen molar-refractivity contribution in [3.8, 4) is 0 Å². The van der Waals surface area contributed by atoms with E-state index in [1.165, 1.54) is 4.88 Å². The van der Waals surface area contributed by atoms with E-state index < -0.39 is 0 Å². The van der Waals surface area contributed by atoms with Crippen molar-refractivity contribution in [3.05, 3.63) is 42.3 Å². The number of furan rings is 1. The summed E-state index contributed by atoms with van der Waals surface area (Å²) in [6.45, 7) is 1.27. The standard InChI is InChI=1S/C12H13Br2ClN2OS/c1-17(6-7-2-3-11(15)19-7)9(5-16)10-4-8(13)12(14)18-10/h2-4,9H,5-6,16H2,1H3. The molecule has 3 nitrogen and oxygen atoms in total. The molecule has 104 valence electrons. The van der Waals surface area contributed by atoms with Crippen LogP contribution in [0.25, 0.3) is 0 Å². The minimum Gasteiger partial charge on any atom is -0.451 e. The van der Waals surface area contributed by atoms with Gasteiger partial charge in [0, 0.05) is 18.0 Å². The van der Waals surface area contributed by atoms with Crippen molar-refractivity contribution in [1.82, 2.24) is 4.90 Å². The van der Waals surface area contributed by atoms with Gasteiger partial charge in [0.1, 0.15) is 5.76 Å². The smallest absolute Gasteiger partial charge is 0.183 e. The van der Waals surface area contributed by atoms with Gasteiger partial charge < -0.3 is 10.2 Å². The number of halogens is 3. The Balaban J connectivity index is 2.12. The molecule has 0 saturated heterocycles. The summed E-state index contributed by atoms with van der Waals surface area (Å²) < 4.78 is 8.04. The second-order valence-electron chi connectivity index (χ2n) is 4.14. The highest BCUT2D eigenvalue weighted by Gasteiger charge is 2.21. The molecule has 0 fully saturated rings. The van der Waals surface area contributed by atoms with E-state index in [1.54, 1.807) is 11.3 Å². The molecule has 1 atom stereocenters. The fraction of sp³-hybridized carbons (Fsp3) is 0.333. The summed E-state index contributed by atoms with van der Waals surface area (Å²) in [5.74, 6) is 0.839. The summed E-state index contributed by atoms with van der Waals surface area (Å²) in [5.41, 5.74) is 5.87. The second kappa shape index (κ2) is 6.74. The van der Waals surface area contributed by atoms with E-state index in [-0.39, 0.29) is 6.04 Å². The number of nitrogens with two attached hydrogens (primary N) is 1. The first kappa shape index (κ1) is 15.5. The van der Waals surface area contributed by atoms with Crippen molar-refractivity contribution in [2.45, 2.75) is 12.6 Å². The third kappa shape index (κ3) is 3.83. The van der Waals surface area contributed by atoms with Crippen LogP contribution in [-0.2, 0) is 6.54 Å². The Hall–Kier alpha value is 0.150. The highest BCUT2D eigenvalue weighted by atomic mass is 79.9. The number of hydrogen-bond acceptors (Lipinski definition) is 4. The molecule has 0 aliphatic carbocycles. The van der Waals surface area contributed by atoms with Crippen LogP contribution in [0.1, 0.15) is 16.7 Å². The van der Waals surface area contributed by atoms with Gasteiger partial charge in [-0.15, -0.1) is 11.3 Å². The average molecular weight is 429 g/mol. The van der Waals surface area contributed by atoms with Crippen LogP contribution in [0.4, 0.5) is 0 Å². The van der Waals surface area contributed by atoms with Crippen molar-refractivity contribution < 1.29 is 4.42 Å². The van der Waals surface area contributed by atoms with E-state index in [9.17, 15) is 0 Å². The summed E-state index contributed by atoms with van der Waals surface area (Å²) in [6.07, 6.45) is 0. The normalized spacial score (nSPS) is 13.2. The Morgan fingerprint density at radius 3 is 2.68 bits per heavy atom. The Morgan fingerprint density at radius 1 is 1.47 bits per heavy atom. The summed E-state index contributed by atoms with van der Waals surface area (Å²) in [7, 11) is 2.02. The number of thiophene rings is 1. The largest absolute Gasteiger partial charge is 0.451 e.